The maximum Gasteiger partial charge on any atom is 0.0693 e. The molecule has 0 spiro atoms. The monoisotopic (exact) mass is 212 g/mol. The summed E-state index contributed by atoms with van der Waals surface area (Å²) in [5.41, 5.74) is 5.88. The average molecular weight is 212 g/mol. The molecule has 88 valence electrons. The van der Waals surface area contributed by atoms with Gasteiger partial charge in [-0.1, -0.05) is 12.8 Å². The van der Waals surface area contributed by atoms with E-state index in [1.54, 1.807) is 0 Å². The fraction of sp³-hybridized carbons (Fsp3) is 1.00. The van der Waals surface area contributed by atoms with Crippen molar-refractivity contribution in [2.45, 2.75) is 75.6 Å². The fourth-order valence-corrected chi connectivity index (χ4v) is 2.89. The van der Waals surface area contributed by atoms with Crippen molar-refractivity contribution in [3.05, 3.63) is 0 Å². The molecule has 0 amide bonds. The van der Waals surface area contributed by atoms with Crippen LogP contribution in [0.5, 0.6) is 0 Å². The second-order valence-corrected chi connectivity index (χ2v) is 5.24. The summed E-state index contributed by atoms with van der Waals surface area (Å²) in [6, 6.07) is 1.36. The first-order valence-electron chi connectivity index (χ1n) is 6.45. The molecule has 0 aromatic heterocycles. The van der Waals surface area contributed by atoms with E-state index >= 15 is 0 Å². The number of hydrogen-bond donors (Lipinski definition) is 3. The number of rotatable bonds is 2. The Bertz CT molecular complexity index is 190. The molecular formula is C12H24N2O. The van der Waals surface area contributed by atoms with Gasteiger partial charge in [0.1, 0.15) is 0 Å². The molecule has 0 aromatic carbocycles. The highest BCUT2D eigenvalue weighted by Gasteiger charge is 2.26. The van der Waals surface area contributed by atoms with Crippen LogP contribution < -0.4 is 11.1 Å². The highest BCUT2D eigenvalue weighted by Crippen LogP contribution is 2.22. The Balaban J connectivity index is 1.75. The summed E-state index contributed by atoms with van der Waals surface area (Å²) < 4.78 is 0. The second kappa shape index (κ2) is 5.28. The van der Waals surface area contributed by atoms with E-state index in [0.29, 0.717) is 18.1 Å². The topological polar surface area (TPSA) is 58.3 Å². The normalized spacial score (nSPS) is 42.8. The van der Waals surface area contributed by atoms with Crippen LogP contribution in [0.2, 0.25) is 0 Å². The van der Waals surface area contributed by atoms with Gasteiger partial charge in [0.25, 0.3) is 0 Å². The van der Waals surface area contributed by atoms with Crippen LogP contribution in [-0.4, -0.2) is 29.3 Å². The van der Waals surface area contributed by atoms with E-state index in [9.17, 15) is 5.11 Å². The molecule has 2 aliphatic rings. The lowest BCUT2D eigenvalue weighted by atomic mass is 9.88. The van der Waals surface area contributed by atoms with E-state index in [-0.39, 0.29) is 6.10 Å². The smallest absolute Gasteiger partial charge is 0.0693 e. The maximum absolute atomic E-state index is 9.86. The number of aliphatic hydroxyl groups excluding tert-OH is 1. The lowest BCUT2D eigenvalue weighted by molar-refractivity contribution is 0.0810. The van der Waals surface area contributed by atoms with Crippen LogP contribution in [-0.2, 0) is 0 Å². The molecule has 2 atom stereocenters. The molecule has 15 heavy (non-hydrogen) atoms. The van der Waals surface area contributed by atoms with Gasteiger partial charge >= 0.3 is 0 Å². The van der Waals surface area contributed by atoms with Gasteiger partial charge in [-0.3, -0.25) is 0 Å². The van der Waals surface area contributed by atoms with Crippen molar-refractivity contribution in [2.24, 2.45) is 5.73 Å². The van der Waals surface area contributed by atoms with Crippen molar-refractivity contribution < 1.29 is 5.11 Å². The van der Waals surface area contributed by atoms with Crippen molar-refractivity contribution in [1.82, 2.24) is 5.32 Å². The molecule has 0 heterocycles. The molecule has 2 saturated carbocycles. The first kappa shape index (κ1) is 11.4. The number of hydrogen-bond acceptors (Lipinski definition) is 3. The highest BCUT2D eigenvalue weighted by atomic mass is 16.3. The van der Waals surface area contributed by atoms with Gasteiger partial charge < -0.3 is 16.2 Å². The average Bonchev–Trinajstić information content (AvgIpc) is 2.25. The van der Waals surface area contributed by atoms with Gasteiger partial charge in [0.2, 0.25) is 0 Å². The lowest BCUT2D eigenvalue weighted by Crippen LogP contribution is -2.49. The zero-order valence-electron chi connectivity index (χ0n) is 9.49. The lowest BCUT2D eigenvalue weighted by Gasteiger charge is -2.35. The van der Waals surface area contributed by atoms with E-state index in [2.05, 4.69) is 5.32 Å². The highest BCUT2D eigenvalue weighted by molar-refractivity contribution is 4.86. The Labute approximate surface area is 92.4 Å². The first-order valence-corrected chi connectivity index (χ1v) is 6.45. The second-order valence-electron chi connectivity index (χ2n) is 5.24. The maximum atomic E-state index is 9.86. The number of aliphatic hydroxyl groups is 1. The first-order chi connectivity index (χ1) is 7.25. The summed E-state index contributed by atoms with van der Waals surface area (Å²) in [6.45, 7) is 0. The molecule has 0 radical (unpaired) electrons. The largest absolute Gasteiger partial charge is 0.392 e. The Morgan fingerprint density at radius 1 is 0.933 bits per heavy atom. The Hall–Kier alpha value is -0.120. The van der Waals surface area contributed by atoms with E-state index in [1.165, 1.54) is 25.7 Å². The van der Waals surface area contributed by atoms with Crippen LogP contribution in [0.1, 0.15) is 51.4 Å². The third-order valence-electron chi connectivity index (χ3n) is 3.95. The molecular weight excluding hydrogens is 188 g/mol. The van der Waals surface area contributed by atoms with E-state index in [1.807, 2.05) is 0 Å². The summed E-state index contributed by atoms with van der Waals surface area (Å²) in [6.07, 6.45) is 9.11. The third-order valence-corrected chi connectivity index (χ3v) is 3.95. The zero-order chi connectivity index (χ0) is 10.7. The molecule has 2 aliphatic carbocycles. The van der Waals surface area contributed by atoms with Crippen LogP contribution in [0.15, 0.2) is 0 Å². The van der Waals surface area contributed by atoms with Gasteiger partial charge in [-0.15, -0.1) is 0 Å². The summed E-state index contributed by atoms with van der Waals surface area (Å²) in [4.78, 5) is 0. The van der Waals surface area contributed by atoms with Crippen molar-refractivity contribution in [1.29, 1.82) is 0 Å². The van der Waals surface area contributed by atoms with E-state index < -0.39 is 0 Å². The minimum absolute atomic E-state index is 0.116. The van der Waals surface area contributed by atoms with Gasteiger partial charge in [0.15, 0.2) is 0 Å². The molecule has 0 aliphatic heterocycles. The molecule has 0 aromatic rings. The minimum Gasteiger partial charge on any atom is -0.392 e. The van der Waals surface area contributed by atoms with Crippen molar-refractivity contribution in [3.8, 4) is 0 Å². The summed E-state index contributed by atoms with van der Waals surface area (Å²) in [7, 11) is 0. The van der Waals surface area contributed by atoms with Gasteiger partial charge in [-0.2, -0.15) is 0 Å². The molecule has 2 unspecified atom stereocenters. The van der Waals surface area contributed by atoms with Gasteiger partial charge in [-0.05, 0) is 38.5 Å². The van der Waals surface area contributed by atoms with Crippen LogP contribution in [0.4, 0.5) is 0 Å². The number of nitrogens with two attached hydrogens (primary N) is 1. The Morgan fingerprint density at radius 3 is 2.27 bits per heavy atom. The minimum atomic E-state index is -0.116. The molecule has 0 bridgehead atoms. The van der Waals surface area contributed by atoms with Crippen molar-refractivity contribution in [3.63, 3.8) is 0 Å². The van der Waals surface area contributed by atoms with Crippen molar-refractivity contribution >= 4 is 0 Å². The molecule has 3 nitrogen and oxygen atoms in total. The quantitative estimate of drug-likeness (QED) is 0.643. The van der Waals surface area contributed by atoms with Gasteiger partial charge in [-0.25, -0.2) is 0 Å². The molecule has 4 N–H and O–H groups in total. The van der Waals surface area contributed by atoms with Crippen molar-refractivity contribution in [2.75, 3.05) is 0 Å². The van der Waals surface area contributed by atoms with E-state index in [0.717, 1.165) is 25.7 Å². The summed E-state index contributed by atoms with van der Waals surface area (Å²) in [5.74, 6) is 0. The molecule has 2 fully saturated rings. The Morgan fingerprint density at radius 2 is 1.60 bits per heavy atom. The predicted molar refractivity (Wildman–Crippen MR) is 61.6 cm³/mol. The fourth-order valence-electron chi connectivity index (χ4n) is 2.89. The summed E-state index contributed by atoms with van der Waals surface area (Å²) in [5, 5.41) is 13.5. The van der Waals surface area contributed by atoms with Crippen LogP contribution >= 0.6 is 0 Å². The molecule has 0 saturated heterocycles. The van der Waals surface area contributed by atoms with Gasteiger partial charge in [0, 0.05) is 18.1 Å². The van der Waals surface area contributed by atoms with Crippen LogP contribution in [0.3, 0.4) is 0 Å². The molecule has 3 heteroatoms. The van der Waals surface area contributed by atoms with Gasteiger partial charge in [0.05, 0.1) is 6.10 Å². The van der Waals surface area contributed by atoms with Crippen LogP contribution in [0, 0.1) is 0 Å². The predicted octanol–water partition coefficient (Wildman–Crippen LogP) is 1.15. The summed E-state index contributed by atoms with van der Waals surface area (Å²) >= 11 is 0. The van der Waals surface area contributed by atoms with E-state index in [4.69, 9.17) is 5.73 Å². The SMILES string of the molecule is NC1CCC(NC2CCCCC2O)CC1. The Kier molecular flexibility index (Phi) is 4.00. The number of nitrogens with one attached hydrogen (secondary N) is 1. The zero-order valence-corrected chi connectivity index (χ0v) is 9.49. The third kappa shape index (κ3) is 3.16. The standard InChI is InChI=1S/C12H24N2O/c13-9-5-7-10(8-6-9)14-11-3-1-2-4-12(11)15/h9-12,14-15H,1-8,13H2. The molecule has 2 rings (SSSR count). The van der Waals surface area contributed by atoms with Crippen LogP contribution in [0.25, 0.3) is 0 Å².